The molecule has 1 atom stereocenters. The van der Waals surface area contributed by atoms with E-state index in [1.165, 1.54) is 5.57 Å². The van der Waals surface area contributed by atoms with Gasteiger partial charge < -0.3 is 5.32 Å². The Morgan fingerprint density at radius 1 is 1.31 bits per heavy atom. The molecule has 0 saturated carbocycles. The number of allylic oxidation sites excluding steroid dienone is 2. The van der Waals surface area contributed by atoms with Crippen molar-refractivity contribution in [1.29, 1.82) is 0 Å². The minimum Gasteiger partial charge on any atom is -0.384 e. The lowest BCUT2D eigenvalue weighted by atomic mass is 9.90. The van der Waals surface area contributed by atoms with Crippen LogP contribution in [-0.4, -0.2) is 6.04 Å². The molecule has 0 aromatic rings. The van der Waals surface area contributed by atoms with E-state index in [0.29, 0.717) is 12.0 Å². The highest BCUT2D eigenvalue weighted by Gasteiger charge is 2.18. The second kappa shape index (κ2) is 4.50. The molecule has 0 aromatic carbocycles. The number of rotatable bonds is 3. The Morgan fingerprint density at radius 3 is 2.46 bits per heavy atom. The van der Waals surface area contributed by atoms with Crippen LogP contribution in [0.3, 0.4) is 0 Å². The molecule has 1 rings (SSSR count). The molecule has 1 unspecified atom stereocenters. The van der Waals surface area contributed by atoms with E-state index in [0.717, 1.165) is 12.8 Å². The molecule has 1 heterocycles. The summed E-state index contributed by atoms with van der Waals surface area (Å²) in [5.41, 5.74) is 2.98. The normalized spacial score (nSPS) is 22.4. The van der Waals surface area contributed by atoms with E-state index in [4.69, 9.17) is 0 Å². The largest absolute Gasteiger partial charge is 0.384 e. The minimum atomic E-state index is 0.556. The molecular formula is C12H21N. The van der Waals surface area contributed by atoms with E-state index >= 15 is 0 Å². The second-order valence-corrected chi connectivity index (χ2v) is 4.03. The van der Waals surface area contributed by atoms with E-state index in [-0.39, 0.29) is 0 Å². The molecule has 0 radical (unpaired) electrons. The van der Waals surface area contributed by atoms with Crippen LogP contribution in [0.15, 0.2) is 23.4 Å². The van der Waals surface area contributed by atoms with Crippen LogP contribution in [0.2, 0.25) is 0 Å². The number of nitrogens with one attached hydrogen (secondary N) is 1. The van der Waals surface area contributed by atoms with E-state index in [2.05, 4.69) is 45.3 Å². The van der Waals surface area contributed by atoms with Gasteiger partial charge in [0.15, 0.2) is 0 Å². The third-order valence-electron chi connectivity index (χ3n) is 2.70. The van der Waals surface area contributed by atoms with Crippen LogP contribution in [0.4, 0.5) is 0 Å². The molecule has 0 aliphatic carbocycles. The summed E-state index contributed by atoms with van der Waals surface area (Å²) in [6.45, 7) is 8.98. The van der Waals surface area contributed by atoms with Crippen LogP contribution < -0.4 is 5.32 Å². The van der Waals surface area contributed by atoms with Gasteiger partial charge >= 0.3 is 0 Å². The summed E-state index contributed by atoms with van der Waals surface area (Å²) in [6.07, 6.45) is 6.82. The van der Waals surface area contributed by atoms with Crippen molar-refractivity contribution in [2.45, 2.75) is 46.6 Å². The maximum Gasteiger partial charge on any atom is 0.0494 e. The van der Waals surface area contributed by atoms with Gasteiger partial charge in [-0.15, -0.1) is 0 Å². The number of hydrogen-bond donors (Lipinski definition) is 1. The molecule has 0 aromatic heterocycles. The highest BCUT2D eigenvalue weighted by molar-refractivity contribution is 5.30. The van der Waals surface area contributed by atoms with Gasteiger partial charge in [0.25, 0.3) is 0 Å². The predicted octanol–water partition coefficient (Wildman–Crippen LogP) is 3.24. The summed E-state index contributed by atoms with van der Waals surface area (Å²) in [4.78, 5) is 0. The van der Waals surface area contributed by atoms with E-state index < -0.39 is 0 Å². The van der Waals surface area contributed by atoms with Crippen molar-refractivity contribution >= 4 is 0 Å². The fourth-order valence-electron chi connectivity index (χ4n) is 1.82. The van der Waals surface area contributed by atoms with Crippen molar-refractivity contribution in [1.82, 2.24) is 5.32 Å². The SMILES string of the molecule is CCC1=CNC(C(C)C)C(CC)=C1. The lowest BCUT2D eigenvalue weighted by Crippen LogP contribution is -2.34. The van der Waals surface area contributed by atoms with Crippen LogP contribution in [0.1, 0.15) is 40.5 Å². The summed E-state index contributed by atoms with van der Waals surface area (Å²) in [5.74, 6) is 0.681. The Kier molecular flexibility index (Phi) is 3.58. The van der Waals surface area contributed by atoms with Gasteiger partial charge in [0.2, 0.25) is 0 Å². The van der Waals surface area contributed by atoms with Gasteiger partial charge in [0, 0.05) is 12.2 Å². The fourth-order valence-corrected chi connectivity index (χ4v) is 1.82. The highest BCUT2D eigenvalue weighted by Crippen LogP contribution is 2.22. The topological polar surface area (TPSA) is 12.0 Å². The quantitative estimate of drug-likeness (QED) is 0.701. The molecule has 0 amide bonds. The lowest BCUT2D eigenvalue weighted by Gasteiger charge is -2.28. The summed E-state index contributed by atoms with van der Waals surface area (Å²) in [7, 11) is 0. The molecule has 13 heavy (non-hydrogen) atoms. The van der Waals surface area contributed by atoms with Gasteiger partial charge in [-0.05, 0) is 29.9 Å². The Balaban J connectivity index is 2.77. The second-order valence-electron chi connectivity index (χ2n) is 4.03. The third-order valence-corrected chi connectivity index (χ3v) is 2.70. The van der Waals surface area contributed by atoms with Crippen LogP contribution in [0.25, 0.3) is 0 Å². The zero-order chi connectivity index (χ0) is 9.84. The van der Waals surface area contributed by atoms with E-state index in [1.807, 2.05) is 0 Å². The lowest BCUT2D eigenvalue weighted by molar-refractivity contribution is 0.478. The molecule has 1 aliphatic rings. The Morgan fingerprint density at radius 2 is 2.00 bits per heavy atom. The average molecular weight is 179 g/mol. The molecule has 0 fully saturated rings. The van der Waals surface area contributed by atoms with Crippen molar-refractivity contribution in [3.63, 3.8) is 0 Å². The van der Waals surface area contributed by atoms with Crippen molar-refractivity contribution < 1.29 is 0 Å². The first-order chi connectivity index (χ1) is 6.19. The van der Waals surface area contributed by atoms with Gasteiger partial charge in [-0.25, -0.2) is 0 Å². The molecule has 0 bridgehead atoms. The van der Waals surface area contributed by atoms with Gasteiger partial charge in [0.1, 0.15) is 0 Å². The van der Waals surface area contributed by atoms with Gasteiger partial charge in [-0.2, -0.15) is 0 Å². The predicted molar refractivity (Wildman–Crippen MR) is 58.5 cm³/mol. The van der Waals surface area contributed by atoms with Gasteiger partial charge in [0.05, 0.1) is 0 Å². The zero-order valence-corrected chi connectivity index (χ0v) is 9.22. The monoisotopic (exact) mass is 179 g/mol. The van der Waals surface area contributed by atoms with Crippen molar-refractivity contribution in [2.24, 2.45) is 5.92 Å². The molecule has 0 saturated heterocycles. The first-order valence-corrected chi connectivity index (χ1v) is 5.34. The smallest absolute Gasteiger partial charge is 0.0494 e. The molecule has 1 N–H and O–H groups in total. The zero-order valence-electron chi connectivity index (χ0n) is 9.22. The van der Waals surface area contributed by atoms with Crippen molar-refractivity contribution in [3.8, 4) is 0 Å². The Labute approximate surface area is 81.9 Å². The number of hydrogen-bond acceptors (Lipinski definition) is 1. The summed E-state index contributed by atoms with van der Waals surface area (Å²) in [6, 6.07) is 0.556. The molecule has 1 heteroatoms. The maximum absolute atomic E-state index is 3.49. The highest BCUT2D eigenvalue weighted by atomic mass is 14.9. The Bertz CT molecular complexity index is 223. The van der Waals surface area contributed by atoms with Gasteiger partial charge in [-0.3, -0.25) is 0 Å². The molecule has 0 spiro atoms. The minimum absolute atomic E-state index is 0.556. The summed E-state index contributed by atoms with van der Waals surface area (Å²) < 4.78 is 0. The summed E-state index contributed by atoms with van der Waals surface area (Å²) in [5, 5.41) is 3.49. The van der Waals surface area contributed by atoms with Gasteiger partial charge in [-0.1, -0.05) is 33.8 Å². The molecule has 74 valence electrons. The maximum atomic E-state index is 3.49. The van der Waals surface area contributed by atoms with Crippen LogP contribution >= 0.6 is 0 Å². The van der Waals surface area contributed by atoms with Crippen molar-refractivity contribution in [3.05, 3.63) is 23.4 Å². The van der Waals surface area contributed by atoms with Crippen LogP contribution in [0, 0.1) is 5.92 Å². The number of dihydropyridines is 1. The Hall–Kier alpha value is -0.720. The van der Waals surface area contributed by atoms with Crippen molar-refractivity contribution in [2.75, 3.05) is 0 Å². The molecular weight excluding hydrogens is 158 g/mol. The van der Waals surface area contributed by atoms with Crippen LogP contribution in [0.5, 0.6) is 0 Å². The molecule has 1 aliphatic heterocycles. The first kappa shape index (κ1) is 10.4. The van der Waals surface area contributed by atoms with Crippen LogP contribution in [-0.2, 0) is 0 Å². The standard InChI is InChI=1S/C12H21N/c1-5-10-7-11(6-2)12(9(3)4)13-8-10/h7-9,12-13H,5-6H2,1-4H3. The van der Waals surface area contributed by atoms with E-state index in [1.54, 1.807) is 5.57 Å². The summed E-state index contributed by atoms with van der Waals surface area (Å²) >= 11 is 0. The average Bonchev–Trinajstić information content (AvgIpc) is 2.16. The first-order valence-electron chi connectivity index (χ1n) is 5.34. The third kappa shape index (κ3) is 2.36. The van der Waals surface area contributed by atoms with E-state index in [9.17, 15) is 0 Å². The molecule has 1 nitrogen and oxygen atoms in total. The fraction of sp³-hybridized carbons (Fsp3) is 0.667.